The zero-order chi connectivity index (χ0) is 9.68. The largest absolute Gasteiger partial charge is 0.340 e. The number of carbonyl (C=O) groups is 1. The molecule has 1 aliphatic rings. The van der Waals surface area contributed by atoms with Crippen molar-refractivity contribution in [2.75, 3.05) is 39.8 Å². The average Bonchev–Trinajstić information content (AvgIpc) is 2.15. The molecule has 1 fully saturated rings. The second-order valence-corrected chi connectivity index (χ2v) is 3.66. The zero-order valence-corrected chi connectivity index (χ0v) is 8.89. The molecule has 1 amide bonds. The van der Waals surface area contributed by atoms with E-state index in [0.29, 0.717) is 13.0 Å². The van der Waals surface area contributed by atoms with Crippen LogP contribution in [-0.2, 0) is 4.79 Å². The van der Waals surface area contributed by atoms with Crippen molar-refractivity contribution in [1.29, 1.82) is 0 Å². The molecule has 0 unspecified atom stereocenters. The highest BCUT2D eigenvalue weighted by atomic mass is 32.1. The van der Waals surface area contributed by atoms with Gasteiger partial charge in [-0.15, -0.1) is 0 Å². The molecule has 0 saturated carbocycles. The van der Waals surface area contributed by atoms with E-state index in [1.165, 1.54) is 0 Å². The van der Waals surface area contributed by atoms with Gasteiger partial charge in [-0.05, 0) is 7.05 Å². The molecule has 1 N–H and O–H groups in total. The molecule has 13 heavy (non-hydrogen) atoms. The lowest BCUT2D eigenvalue weighted by Gasteiger charge is -2.32. The Morgan fingerprint density at radius 3 is 2.54 bits per heavy atom. The minimum absolute atomic E-state index is 0.231. The van der Waals surface area contributed by atoms with Crippen molar-refractivity contribution >= 4 is 18.7 Å². The molecule has 5 heteroatoms. The molecule has 1 rings (SSSR count). The van der Waals surface area contributed by atoms with E-state index in [9.17, 15) is 4.79 Å². The number of hydrogen-bond acceptors (Lipinski definition) is 4. The van der Waals surface area contributed by atoms with Crippen LogP contribution < -0.4 is 4.72 Å². The van der Waals surface area contributed by atoms with Crippen LogP contribution in [0.4, 0.5) is 0 Å². The lowest BCUT2D eigenvalue weighted by Crippen LogP contribution is -2.47. The number of piperazine rings is 1. The number of thiol groups is 1. The third-order valence-electron chi connectivity index (χ3n) is 2.31. The number of rotatable bonds is 3. The van der Waals surface area contributed by atoms with E-state index in [1.54, 1.807) is 0 Å². The van der Waals surface area contributed by atoms with Crippen molar-refractivity contribution in [2.45, 2.75) is 6.42 Å². The highest BCUT2D eigenvalue weighted by Crippen LogP contribution is 2.01. The lowest BCUT2D eigenvalue weighted by atomic mass is 10.3. The molecule has 76 valence electrons. The summed E-state index contributed by atoms with van der Waals surface area (Å²) < 4.78 is 2.68. The standard InChI is InChI=1S/C8H17N3OS/c1-10-4-6-11(7-5-10)8(12)2-3-9-13/h9,13H,2-7H2,1H3. The number of amides is 1. The number of carbonyl (C=O) groups excluding carboxylic acids is 1. The first-order chi connectivity index (χ1) is 6.24. The Bertz CT molecular complexity index is 169. The van der Waals surface area contributed by atoms with Crippen LogP contribution in [-0.4, -0.2) is 55.5 Å². The van der Waals surface area contributed by atoms with Gasteiger partial charge in [0.2, 0.25) is 5.91 Å². The van der Waals surface area contributed by atoms with Crippen molar-refractivity contribution in [3.05, 3.63) is 0 Å². The van der Waals surface area contributed by atoms with Gasteiger partial charge in [-0.1, -0.05) is 12.8 Å². The van der Waals surface area contributed by atoms with Crippen molar-refractivity contribution in [2.24, 2.45) is 0 Å². The van der Waals surface area contributed by atoms with Crippen LogP contribution in [0.2, 0.25) is 0 Å². The normalized spacial score (nSPS) is 19.1. The van der Waals surface area contributed by atoms with Crippen LogP contribution in [0.3, 0.4) is 0 Å². The molecule has 0 atom stereocenters. The number of nitrogens with one attached hydrogen (secondary N) is 1. The molecule has 0 spiro atoms. The highest BCUT2D eigenvalue weighted by molar-refractivity contribution is 7.78. The van der Waals surface area contributed by atoms with Crippen LogP contribution in [0.5, 0.6) is 0 Å². The Balaban J connectivity index is 2.23. The second-order valence-electron chi connectivity index (χ2n) is 3.34. The maximum absolute atomic E-state index is 11.5. The van der Waals surface area contributed by atoms with Crippen LogP contribution in [0.1, 0.15) is 6.42 Å². The number of likely N-dealkylation sites (N-methyl/N-ethyl adjacent to an activating group) is 1. The van der Waals surface area contributed by atoms with Crippen LogP contribution in [0.25, 0.3) is 0 Å². The maximum atomic E-state index is 11.5. The van der Waals surface area contributed by atoms with Gasteiger partial charge in [-0.3, -0.25) is 9.52 Å². The molecule has 0 aromatic heterocycles. The molecular formula is C8H17N3OS. The Morgan fingerprint density at radius 1 is 1.38 bits per heavy atom. The minimum atomic E-state index is 0.231. The first-order valence-electron chi connectivity index (χ1n) is 4.57. The van der Waals surface area contributed by atoms with Gasteiger partial charge in [0.15, 0.2) is 0 Å². The van der Waals surface area contributed by atoms with Crippen molar-refractivity contribution < 1.29 is 4.79 Å². The van der Waals surface area contributed by atoms with Crippen molar-refractivity contribution in [3.8, 4) is 0 Å². The van der Waals surface area contributed by atoms with E-state index >= 15 is 0 Å². The molecule has 0 aromatic rings. The predicted molar refractivity (Wildman–Crippen MR) is 55.7 cm³/mol. The fourth-order valence-corrected chi connectivity index (χ4v) is 1.49. The number of hydrogen-bond donors (Lipinski definition) is 2. The third-order valence-corrected chi connectivity index (χ3v) is 2.53. The first-order valence-corrected chi connectivity index (χ1v) is 5.02. The van der Waals surface area contributed by atoms with Crippen LogP contribution in [0, 0.1) is 0 Å². The molecule has 1 heterocycles. The Morgan fingerprint density at radius 2 is 2.00 bits per heavy atom. The summed E-state index contributed by atoms with van der Waals surface area (Å²) >= 11 is 3.84. The van der Waals surface area contributed by atoms with Gasteiger partial charge in [0.1, 0.15) is 0 Å². The molecular weight excluding hydrogens is 186 g/mol. The Hall–Kier alpha value is -0.260. The molecule has 4 nitrogen and oxygen atoms in total. The quantitative estimate of drug-likeness (QED) is 0.612. The van der Waals surface area contributed by atoms with E-state index in [1.807, 2.05) is 4.90 Å². The maximum Gasteiger partial charge on any atom is 0.223 e. The SMILES string of the molecule is CN1CCN(C(=O)CCNS)CC1. The third kappa shape index (κ3) is 3.54. The van der Waals surface area contributed by atoms with Crippen molar-refractivity contribution in [3.63, 3.8) is 0 Å². The van der Waals surface area contributed by atoms with Gasteiger partial charge in [0.25, 0.3) is 0 Å². The average molecular weight is 203 g/mol. The summed E-state index contributed by atoms with van der Waals surface area (Å²) in [5, 5.41) is 0. The minimum Gasteiger partial charge on any atom is -0.340 e. The number of nitrogens with zero attached hydrogens (tertiary/aromatic N) is 2. The monoisotopic (exact) mass is 203 g/mol. The highest BCUT2D eigenvalue weighted by Gasteiger charge is 2.17. The first kappa shape index (κ1) is 10.8. The van der Waals surface area contributed by atoms with Gasteiger partial charge < -0.3 is 9.80 Å². The molecule has 0 aromatic carbocycles. The molecule has 1 saturated heterocycles. The topological polar surface area (TPSA) is 35.6 Å². The van der Waals surface area contributed by atoms with Gasteiger partial charge in [0.05, 0.1) is 0 Å². The molecule has 0 bridgehead atoms. The van der Waals surface area contributed by atoms with E-state index in [0.717, 1.165) is 26.2 Å². The van der Waals surface area contributed by atoms with Gasteiger partial charge in [0, 0.05) is 39.1 Å². The van der Waals surface area contributed by atoms with Gasteiger partial charge in [-0.25, -0.2) is 0 Å². The summed E-state index contributed by atoms with van der Waals surface area (Å²) in [6, 6.07) is 0. The summed E-state index contributed by atoms with van der Waals surface area (Å²) in [5.74, 6) is 0.231. The van der Waals surface area contributed by atoms with Crippen LogP contribution in [0.15, 0.2) is 0 Å². The fraction of sp³-hybridized carbons (Fsp3) is 0.875. The molecule has 0 aliphatic carbocycles. The summed E-state index contributed by atoms with van der Waals surface area (Å²) in [6.07, 6.45) is 0.549. The second kappa shape index (κ2) is 5.47. The van der Waals surface area contributed by atoms with E-state index in [2.05, 4.69) is 29.5 Å². The predicted octanol–water partition coefficient (Wildman–Crippen LogP) is -0.415. The lowest BCUT2D eigenvalue weighted by molar-refractivity contribution is -0.132. The van der Waals surface area contributed by atoms with Crippen molar-refractivity contribution in [1.82, 2.24) is 14.5 Å². The zero-order valence-electron chi connectivity index (χ0n) is 7.99. The summed E-state index contributed by atoms with van der Waals surface area (Å²) in [6.45, 7) is 4.35. The summed E-state index contributed by atoms with van der Waals surface area (Å²) in [7, 11) is 2.08. The van der Waals surface area contributed by atoms with Crippen LogP contribution >= 0.6 is 12.8 Å². The van der Waals surface area contributed by atoms with Gasteiger partial charge >= 0.3 is 0 Å². The fourth-order valence-electron chi connectivity index (χ4n) is 1.38. The summed E-state index contributed by atoms with van der Waals surface area (Å²) in [5.41, 5.74) is 0. The van der Waals surface area contributed by atoms with Gasteiger partial charge in [-0.2, -0.15) is 0 Å². The molecule has 0 radical (unpaired) electrons. The summed E-state index contributed by atoms with van der Waals surface area (Å²) in [4.78, 5) is 15.7. The Labute approximate surface area is 84.8 Å². The van der Waals surface area contributed by atoms with E-state index in [4.69, 9.17) is 0 Å². The van der Waals surface area contributed by atoms with E-state index < -0.39 is 0 Å². The smallest absolute Gasteiger partial charge is 0.223 e. The Kier molecular flexibility index (Phi) is 4.55. The van der Waals surface area contributed by atoms with E-state index in [-0.39, 0.29) is 5.91 Å². The molecule has 1 aliphatic heterocycles.